The third kappa shape index (κ3) is 3.80. The number of hydrogen-bond donors (Lipinski definition) is 2. The quantitative estimate of drug-likeness (QED) is 0.678. The van der Waals surface area contributed by atoms with Crippen LogP contribution >= 0.6 is 11.6 Å². The van der Waals surface area contributed by atoms with Gasteiger partial charge in [-0.15, -0.1) is 0 Å². The SMILES string of the molecule is O=c1cnn(C[NH+]2CC[NH+](Cc3cccc(Cl)c3)CC2)c2ccccc12. The zero-order valence-electron chi connectivity index (χ0n) is 14.6. The van der Waals surface area contributed by atoms with Crippen molar-refractivity contribution in [2.75, 3.05) is 26.2 Å². The fourth-order valence-corrected chi connectivity index (χ4v) is 3.94. The molecule has 134 valence electrons. The van der Waals surface area contributed by atoms with Crippen LogP contribution in [0, 0.1) is 0 Å². The molecule has 2 aromatic carbocycles. The normalized spacial score (nSPS) is 20.3. The number of fused-ring (bicyclic) bond motifs is 1. The van der Waals surface area contributed by atoms with Crippen molar-refractivity contribution in [3.63, 3.8) is 0 Å². The Hall–Kier alpha value is -2.21. The van der Waals surface area contributed by atoms with Crippen molar-refractivity contribution in [2.24, 2.45) is 0 Å². The minimum absolute atomic E-state index is 0.0114. The van der Waals surface area contributed by atoms with Crippen LogP contribution in [0.25, 0.3) is 10.9 Å². The van der Waals surface area contributed by atoms with Crippen molar-refractivity contribution >= 4 is 22.5 Å². The van der Waals surface area contributed by atoms with Crippen LogP contribution in [0.3, 0.4) is 0 Å². The molecule has 0 spiro atoms. The summed E-state index contributed by atoms with van der Waals surface area (Å²) in [6.45, 7) is 6.26. The Morgan fingerprint density at radius 2 is 1.77 bits per heavy atom. The van der Waals surface area contributed by atoms with E-state index in [4.69, 9.17) is 11.6 Å². The molecule has 26 heavy (non-hydrogen) atoms. The van der Waals surface area contributed by atoms with E-state index >= 15 is 0 Å². The lowest BCUT2D eigenvalue weighted by molar-refractivity contribution is -1.03. The topological polar surface area (TPSA) is 43.8 Å². The number of nitrogens with zero attached hydrogens (tertiary/aromatic N) is 2. The van der Waals surface area contributed by atoms with Gasteiger partial charge in [-0.3, -0.25) is 4.79 Å². The molecule has 3 aromatic rings. The highest BCUT2D eigenvalue weighted by Gasteiger charge is 2.23. The molecule has 0 saturated carbocycles. The second kappa shape index (κ2) is 7.58. The fraction of sp³-hybridized carbons (Fsp3) is 0.300. The highest BCUT2D eigenvalue weighted by molar-refractivity contribution is 6.30. The second-order valence-corrected chi connectivity index (χ2v) is 7.43. The number of aromatic nitrogens is 2. The molecule has 5 nitrogen and oxygen atoms in total. The zero-order valence-corrected chi connectivity index (χ0v) is 15.4. The van der Waals surface area contributed by atoms with Crippen molar-refractivity contribution < 1.29 is 9.80 Å². The van der Waals surface area contributed by atoms with E-state index < -0.39 is 0 Å². The predicted molar refractivity (Wildman–Crippen MR) is 103 cm³/mol. The van der Waals surface area contributed by atoms with Crippen LogP contribution in [0.5, 0.6) is 0 Å². The molecule has 0 amide bonds. The highest BCUT2D eigenvalue weighted by Crippen LogP contribution is 2.09. The van der Waals surface area contributed by atoms with Crippen molar-refractivity contribution in [2.45, 2.75) is 13.2 Å². The fourth-order valence-electron chi connectivity index (χ4n) is 3.73. The summed E-state index contributed by atoms with van der Waals surface area (Å²) in [5.41, 5.74) is 2.20. The van der Waals surface area contributed by atoms with Gasteiger partial charge in [0.2, 0.25) is 5.43 Å². The van der Waals surface area contributed by atoms with E-state index in [9.17, 15) is 4.79 Å². The molecule has 0 radical (unpaired) electrons. The molecular weight excluding hydrogens is 348 g/mol. The Labute approximate surface area is 157 Å². The van der Waals surface area contributed by atoms with Crippen molar-refractivity contribution in [1.82, 2.24) is 9.78 Å². The molecule has 2 N–H and O–H groups in total. The summed E-state index contributed by atoms with van der Waals surface area (Å²) in [6, 6.07) is 15.9. The number of halogens is 1. The first-order valence-corrected chi connectivity index (χ1v) is 9.43. The van der Waals surface area contributed by atoms with E-state index in [-0.39, 0.29) is 5.43 Å². The molecule has 4 rings (SSSR count). The molecule has 0 atom stereocenters. The number of benzene rings is 2. The van der Waals surface area contributed by atoms with Crippen molar-refractivity contribution in [3.8, 4) is 0 Å². The molecule has 1 fully saturated rings. The number of hydrogen-bond acceptors (Lipinski definition) is 2. The number of para-hydroxylation sites is 1. The Kier molecular flexibility index (Phi) is 5.02. The van der Waals surface area contributed by atoms with Gasteiger partial charge < -0.3 is 9.80 Å². The molecule has 2 heterocycles. The molecule has 0 bridgehead atoms. The van der Waals surface area contributed by atoms with E-state index in [1.54, 1.807) is 4.90 Å². The Balaban J connectivity index is 1.40. The van der Waals surface area contributed by atoms with Crippen LogP contribution in [0.4, 0.5) is 0 Å². The molecule has 6 heteroatoms. The van der Waals surface area contributed by atoms with Crippen LogP contribution in [0.1, 0.15) is 5.56 Å². The summed E-state index contributed by atoms with van der Waals surface area (Å²) in [5, 5.41) is 5.91. The number of quaternary nitrogens is 2. The number of nitrogens with one attached hydrogen (secondary N) is 2. The van der Waals surface area contributed by atoms with Crippen LogP contribution < -0.4 is 15.2 Å². The lowest BCUT2D eigenvalue weighted by Crippen LogP contribution is -3.27. The summed E-state index contributed by atoms with van der Waals surface area (Å²) in [6.07, 6.45) is 1.43. The number of rotatable bonds is 4. The summed E-state index contributed by atoms with van der Waals surface area (Å²) < 4.78 is 1.97. The summed E-state index contributed by atoms with van der Waals surface area (Å²) in [7, 11) is 0. The summed E-state index contributed by atoms with van der Waals surface area (Å²) in [4.78, 5) is 15.1. The van der Waals surface area contributed by atoms with Crippen LogP contribution in [0.2, 0.25) is 5.02 Å². The van der Waals surface area contributed by atoms with E-state index in [1.165, 1.54) is 16.7 Å². The van der Waals surface area contributed by atoms with Gasteiger partial charge in [0.25, 0.3) is 0 Å². The van der Waals surface area contributed by atoms with Gasteiger partial charge in [0.1, 0.15) is 32.7 Å². The minimum Gasteiger partial charge on any atom is -0.322 e. The molecule has 1 saturated heterocycles. The van der Waals surface area contributed by atoms with Gasteiger partial charge >= 0.3 is 0 Å². The Morgan fingerprint density at radius 1 is 1.00 bits per heavy atom. The molecule has 1 aromatic heterocycles. The van der Waals surface area contributed by atoms with Gasteiger partial charge in [-0.2, -0.15) is 5.10 Å². The maximum Gasteiger partial charge on any atom is 0.207 e. The van der Waals surface area contributed by atoms with Crippen LogP contribution in [-0.2, 0) is 13.2 Å². The second-order valence-electron chi connectivity index (χ2n) is 6.99. The largest absolute Gasteiger partial charge is 0.322 e. The molecule has 1 aliphatic heterocycles. The van der Waals surface area contributed by atoms with Crippen molar-refractivity contribution in [3.05, 3.63) is 75.5 Å². The highest BCUT2D eigenvalue weighted by atomic mass is 35.5. The van der Waals surface area contributed by atoms with Gasteiger partial charge in [-0.25, -0.2) is 4.68 Å². The summed E-state index contributed by atoms with van der Waals surface area (Å²) in [5.74, 6) is 0. The van der Waals surface area contributed by atoms with Gasteiger partial charge in [0, 0.05) is 16.0 Å². The Bertz CT molecular complexity index is 963. The maximum atomic E-state index is 12.0. The Morgan fingerprint density at radius 3 is 2.58 bits per heavy atom. The average molecular weight is 371 g/mol. The zero-order chi connectivity index (χ0) is 17.9. The minimum atomic E-state index is -0.0114. The van der Waals surface area contributed by atoms with Crippen LogP contribution in [-0.4, -0.2) is 36.0 Å². The number of piperazine rings is 1. The standard InChI is InChI=1S/C20H21ClN4O/c21-17-5-3-4-16(12-17)14-23-8-10-24(11-9-23)15-25-19-7-2-1-6-18(19)20(26)13-22-25/h1-7,12-13H,8-11,14-15H2/p+2. The summed E-state index contributed by atoms with van der Waals surface area (Å²) >= 11 is 6.09. The van der Waals surface area contributed by atoms with Gasteiger partial charge in [-0.05, 0) is 24.3 Å². The van der Waals surface area contributed by atoms with Gasteiger partial charge in [0.15, 0.2) is 6.67 Å². The molecule has 0 aliphatic carbocycles. The van der Waals surface area contributed by atoms with E-state index in [0.29, 0.717) is 0 Å². The molecular formula is C20H23ClN4O+2. The van der Waals surface area contributed by atoms with Crippen molar-refractivity contribution in [1.29, 1.82) is 0 Å². The van der Waals surface area contributed by atoms with Gasteiger partial charge in [0.05, 0.1) is 11.7 Å². The lowest BCUT2D eigenvalue weighted by atomic mass is 10.2. The monoisotopic (exact) mass is 370 g/mol. The predicted octanol–water partition coefficient (Wildman–Crippen LogP) is -0.00900. The van der Waals surface area contributed by atoms with Gasteiger partial charge in [-0.1, -0.05) is 35.9 Å². The first-order chi connectivity index (χ1) is 12.7. The van der Waals surface area contributed by atoms with E-state index in [0.717, 1.165) is 55.3 Å². The smallest absolute Gasteiger partial charge is 0.207 e. The average Bonchev–Trinajstić information content (AvgIpc) is 2.66. The van der Waals surface area contributed by atoms with E-state index in [1.807, 2.05) is 41.1 Å². The maximum absolute atomic E-state index is 12.0. The van der Waals surface area contributed by atoms with Crippen LogP contribution in [0.15, 0.2) is 59.5 Å². The molecule has 0 unspecified atom stereocenters. The third-order valence-electron chi connectivity index (χ3n) is 5.14. The third-order valence-corrected chi connectivity index (χ3v) is 5.38. The van der Waals surface area contributed by atoms with E-state index in [2.05, 4.69) is 17.2 Å². The lowest BCUT2D eigenvalue weighted by Gasteiger charge is -2.30. The first kappa shape index (κ1) is 17.2. The first-order valence-electron chi connectivity index (χ1n) is 9.05. The molecule has 1 aliphatic rings.